The van der Waals surface area contributed by atoms with E-state index in [1.165, 1.54) is 17.7 Å². The molecule has 0 spiro atoms. The van der Waals surface area contributed by atoms with Crippen LogP contribution in [0.5, 0.6) is 5.75 Å². The molecule has 0 aromatic heterocycles. The van der Waals surface area contributed by atoms with Crippen LogP contribution in [-0.2, 0) is 5.41 Å². The highest BCUT2D eigenvalue weighted by molar-refractivity contribution is 5.66. The van der Waals surface area contributed by atoms with Gasteiger partial charge in [-0.25, -0.2) is 0 Å². The molecule has 2 aliphatic heterocycles. The molecule has 0 amide bonds. The lowest BCUT2D eigenvalue weighted by molar-refractivity contribution is 0.338. The third-order valence-corrected chi connectivity index (χ3v) is 4.25. The maximum Gasteiger partial charge on any atom is 0.119 e. The maximum atomic E-state index is 5.62. The number of anilines is 1. The first-order valence-electron chi connectivity index (χ1n) is 6.40. The first-order chi connectivity index (χ1) is 8.16. The Hall–Kier alpha value is -1.22. The van der Waals surface area contributed by atoms with Crippen LogP contribution in [0.25, 0.3) is 0 Å². The zero-order chi connectivity index (χ0) is 12.0. The maximum absolute atomic E-state index is 5.62. The van der Waals surface area contributed by atoms with Crippen LogP contribution in [-0.4, -0.2) is 26.4 Å². The van der Waals surface area contributed by atoms with Crippen LogP contribution in [0.1, 0.15) is 25.8 Å². The van der Waals surface area contributed by atoms with Gasteiger partial charge in [0.05, 0.1) is 12.8 Å². The monoisotopic (exact) mass is 232 g/mol. The minimum Gasteiger partial charge on any atom is -0.494 e. The van der Waals surface area contributed by atoms with Gasteiger partial charge in [0.25, 0.3) is 0 Å². The summed E-state index contributed by atoms with van der Waals surface area (Å²) >= 11 is 0. The summed E-state index contributed by atoms with van der Waals surface area (Å²) in [6, 6.07) is 6.48. The lowest BCUT2D eigenvalue weighted by atomic mass is 9.81. The van der Waals surface area contributed by atoms with E-state index in [1.807, 2.05) is 6.92 Å². The van der Waals surface area contributed by atoms with Gasteiger partial charge in [0.15, 0.2) is 0 Å². The molecular formula is C14H20N2O. The van der Waals surface area contributed by atoms with E-state index in [0.717, 1.165) is 18.9 Å². The zero-order valence-electron chi connectivity index (χ0n) is 10.8. The van der Waals surface area contributed by atoms with Crippen LogP contribution < -0.4 is 15.0 Å². The van der Waals surface area contributed by atoms with Crippen LogP contribution in [0.4, 0.5) is 5.69 Å². The molecule has 1 aromatic rings. The number of likely N-dealkylation sites (N-methyl/N-ethyl adjacent to an activating group) is 1. The average molecular weight is 232 g/mol. The van der Waals surface area contributed by atoms with E-state index in [9.17, 15) is 0 Å². The van der Waals surface area contributed by atoms with Crippen molar-refractivity contribution in [3.8, 4) is 5.75 Å². The molecule has 2 unspecified atom stereocenters. The summed E-state index contributed by atoms with van der Waals surface area (Å²) in [4.78, 5) is 2.36. The summed E-state index contributed by atoms with van der Waals surface area (Å²) in [5.74, 6) is 0.994. The second-order valence-electron chi connectivity index (χ2n) is 5.25. The van der Waals surface area contributed by atoms with Crippen LogP contribution in [0, 0.1) is 0 Å². The number of hydrogen-bond acceptors (Lipinski definition) is 3. The Morgan fingerprint density at radius 3 is 3.12 bits per heavy atom. The van der Waals surface area contributed by atoms with E-state index < -0.39 is 0 Å². The first-order valence-corrected chi connectivity index (χ1v) is 6.40. The van der Waals surface area contributed by atoms with Gasteiger partial charge < -0.3 is 9.64 Å². The Balaban J connectivity index is 2.08. The largest absolute Gasteiger partial charge is 0.494 e. The fourth-order valence-electron chi connectivity index (χ4n) is 3.35. The van der Waals surface area contributed by atoms with E-state index in [0.29, 0.717) is 6.17 Å². The number of hydrogen-bond donors (Lipinski definition) is 1. The van der Waals surface area contributed by atoms with Gasteiger partial charge in [-0.15, -0.1) is 0 Å². The molecule has 1 N–H and O–H groups in total. The first kappa shape index (κ1) is 10.9. The zero-order valence-corrected chi connectivity index (χ0v) is 10.8. The lowest BCUT2D eigenvalue weighted by Gasteiger charge is -2.27. The van der Waals surface area contributed by atoms with E-state index >= 15 is 0 Å². The minimum atomic E-state index is 0.233. The van der Waals surface area contributed by atoms with Gasteiger partial charge in [0, 0.05) is 18.2 Å². The Morgan fingerprint density at radius 2 is 2.35 bits per heavy atom. The van der Waals surface area contributed by atoms with Gasteiger partial charge in [-0.1, -0.05) is 6.92 Å². The van der Waals surface area contributed by atoms with E-state index in [1.54, 1.807) is 0 Å². The second-order valence-corrected chi connectivity index (χ2v) is 5.25. The molecule has 1 fully saturated rings. The number of benzene rings is 1. The number of ether oxygens (including phenoxy) is 1. The normalized spacial score (nSPS) is 30.3. The summed E-state index contributed by atoms with van der Waals surface area (Å²) in [5.41, 5.74) is 3.01. The molecule has 0 saturated carbocycles. The van der Waals surface area contributed by atoms with E-state index in [2.05, 4.69) is 42.4 Å². The Morgan fingerprint density at radius 1 is 1.53 bits per heavy atom. The van der Waals surface area contributed by atoms with Crippen molar-refractivity contribution in [1.82, 2.24) is 5.32 Å². The highest BCUT2D eigenvalue weighted by Crippen LogP contribution is 2.48. The van der Waals surface area contributed by atoms with Crippen LogP contribution >= 0.6 is 0 Å². The Kier molecular flexibility index (Phi) is 2.33. The van der Waals surface area contributed by atoms with Crippen molar-refractivity contribution in [1.29, 1.82) is 0 Å². The average Bonchev–Trinajstić information content (AvgIpc) is 2.79. The van der Waals surface area contributed by atoms with Crippen molar-refractivity contribution in [2.45, 2.75) is 31.8 Å². The smallest absolute Gasteiger partial charge is 0.119 e. The number of rotatable bonds is 2. The highest BCUT2D eigenvalue weighted by Gasteiger charge is 2.49. The topological polar surface area (TPSA) is 24.5 Å². The molecule has 3 rings (SSSR count). The van der Waals surface area contributed by atoms with Gasteiger partial charge in [0.2, 0.25) is 0 Å². The third-order valence-electron chi connectivity index (χ3n) is 4.25. The fourth-order valence-corrected chi connectivity index (χ4v) is 3.35. The molecule has 2 atom stereocenters. The highest BCUT2D eigenvalue weighted by atomic mass is 16.5. The third kappa shape index (κ3) is 1.38. The Labute approximate surface area is 103 Å². The SMILES string of the molecule is CCOc1ccc2c(c1)C1(C)CCNC1N2C. The number of nitrogens with zero attached hydrogens (tertiary/aromatic N) is 1. The van der Waals surface area contributed by atoms with Crippen molar-refractivity contribution in [2.75, 3.05) is 25.1 Å². The van der Waals surface area contributed by atoms with Gasteiger partial charge in [0.1, 0.15) is 5.75 Å². The number of fused-ring (bicyclic) bond motifs is 3. The molecule has 1 aromatic carbocycles. The van der Waals surface area contributed by atoms with Gasteiger partial charge >= 0.3 is 0 Å². The van der Waals surface area contributed by atoms with Crippen molar-refractivity contribution < 1.29 is 4.74 Å². The number of nitrogens with one attached hydrogen (secondary N) is 1. The van der Waals surface area contributed by atoms with Crippen LogP contribution in [0.15, 0.2) is 18.2 Å². The molecule has 3 nitrogen and oxygen atoms in total. The molecule has 2 heterocycles. The van der Waals surface area contributed by atoms with E-state index in [4.69, 9.17) is 4.74 Å². The predicted octanol–water partition coefficient (Wildman–Crippen LogP) is 2.11. The molecule has 17 heavy (non-hydrogen) atoms. The van der Waals surface area contributed by atoms with Crippen molar-refractivity contribution >= 4 is 5.69 Å². The molecule has 1 saturated heterocycles. The molecule has 3 heteroatoms. The quantitative estimate of drug-likeness (QED) is 0.845. The molecular weight excluding hydrogens is 212 g/mol. The predicted molar refractivity (Wildman–Crippen MR) is 69.8 cm³/mol. The molecule has 0 radical (unpaired) electrons. The molecule has 92 valence electrons. The summed E-state index contributed by atoms with van der Waals surface area (Å²) in [6.07, 6.45) is 1.64. The van der Waals surface area contributed by atoms with Gasteiger partial charge in [-0.05, 0) is 43.7 Å². The summed E-state index contributed by atoms with van der Waals surface area (Å²) in [6.45, 7) is 6.22. The standard InChI is InChI=1S/C14H20N2O/c1-4-17-10-5-6-12-11(9-10)14(2)7-8-15-13(14)16(12)3/h5-6,9,13,15H,4,7-8H2,1-3H3. The summed E-state index contributed by atoms with van der Waals surface area (Å²) in [5, 5.41) is 3.59. The second kappa shape index (κ2) is 3.64. The van der Waals surface area contributed by atoms with Gasteiger partial charge in [-0.3, -0.25) is 5.32 Å². The van der Waals surface area contributed by atoms with Gasteiger partial charge in [-0.2, -0.15) is 0 Å². The molecule has 0 aliphatic carbocycles. The van der Waals surface area contributed by atoms with Crippen LogP contribution in [0.2, 0.25) is 0 Å². The van der Waals surface area contributed by atoms with Crippen molar-refractivity contribution in [3.63, 3.8) is 0 Å². The Bertz CT molecular complexity index is 446. The minimum absolute atomic E-state index is 0.233. The fraction of sp³-hybridized carbons (Fsp3) is 0.571. The van der Waals surface area contributed by atoms with Crippen LogP contribution in [0.3, 0.4) is 0 Å². The van der Waals surface area contributed by atoms with Crippen molar-refractivity contribution in [3.05, 3.63) is 23.8 Å². The molecule has 0 bridgehead atoms. The van der Waals surface area contributed by atoms with E-state index in [-0.39, 0.29) is 5.41 Å². The van der Waals surface area contributed by atoms with Crippen molar-refractivity contribution in [2.24, 2.45) is 0 Å². The lowest BCUT2D eigenvalue weighted by Crippen LogP contribution is -2.44. The summed E-state index contributed by atoms with van der Waals surface area (Å²) in [7, 11) is 2.17. The summed E-state index contributed by atoms with van der Waals surface area (Å²) < 4.78 is 5.62. The molecule has 2 aliphatic rings.